The molecule has 35 heavy (non-hydrogen) atoms. The summed E-state index contributed by atoms with van der Waals surface area (Å²) in [6.07, 6.45) is 7.03. The number of hydrogen-bond acceptors (Lipinski definition) is 6. The average molecular weight is 505 g/mol. The average Bonchev–Trinajstić information content (AvgIpc) is 2.76. The lowest BCUT2D eigenvalue weighted by molar-refractivity contribution is -0.590. The maximum absolute atomic E-state index is 10.9. The van der Waals surface area contributed by atoms with Crippen molar-refractivity contribution in [2.45, 2.75) is 102 Å². The molecule has 6 rings (SSSR count). The molecule has 196 valence electrons. The van der Waals surface area contributed by atoms with Crippen LogP contribution in [0.3, 0.4) is 0 Å². The standard InChI is InChI=1S/C28H44O6Si/c1-27(2,3)35(5,6)33-25-17-20(9-10-24(25)30-4)23(29)8-7-11-31-26-28(34-32-26)21-13-18-12-19(15-21)16-22(28)14-18/h9-10,17-19,21-23,26,29H,7-8,11-16H2,1-6H3. The first-order valence-corrected chi connectivity index (χ1v) is 16.5. The molecule has 1 aromatic rings. The minimum absolute atomic E-state index is 0.0753. The number of hydrogen-bond donors (Lipinski definition) is 1. The molecule has 4 saturated carbocycles. The molecule has 1 aromatic carbocycles. The number of ether oxygens (including phenoxy) is 2. The molecule has 1 N–H and O–H groups in total. The highest BCUT2D eigenvalue weighted by Gasteiger charge is 2.68. The van der Waals surface area contributed by atoms with Crippen molar-refractivity contribution in [3.8, 4) is 11.5 Å². The van der Waals surface area contributed by atoms with Crippen LogP contribution in [0.4, 0.5) is 0 Å². The van der Waals surface area contributed by atoms with Crippen molar-refractivity contribution in [2.24, 2.45) is 23.7 Å². The third kappa shape index (κ3) is 4.56. The van der Waals surface area contributed by atoms with Gasteiger partial charge in [-0.25, -0.2) is 9.78 Å². The number of methoxy groups -OCH3 is 1. The third-order valence-corrected chi connectivity index (χ3v) is 14.0. The molecule has 6 nitrogen and oxygen atoms in total. The Labute approximate surface area is 211 Å². The zero-order valence-electron chi connectivity index (χ0n) is 22.3. The summed E-state index contributed by atoms with van der Waals surface area (Å²) in [5.74, 6) is 4.37. The summed E-state index contributed by atoms with van der Waals surface area (Å²) in [5.41, 5.74) is 0.637. The van der Waals surface area contributed by atoms with Crippen LogP contribution in [0.15, 0.2) is 18.2 Å². The van der Waals surface area contributed by atoms with E-state index in [4.69, 9.17) is 23.7 Å². The number of aliphatic hydroxyl groups is 1. The Bertz CT molecular complexity index is 881. The maximum Gasteiger partial charge on any atom is 0.250 e. The molecule has 2 unspecified atom stereocenters. The van der Waals surface area contributed by atoms with E-state index in [0.29, 0.717) is 30.6 Å². The molecule has 0 amide bonds. The SMILES string of the molecule is COc1ccc(C(O)CCCOC2OOC23C2CC4CC(C2)CC3C4)cc1O[Si](C)(C)C(C)(C)C. The Morgan fingerprint density at radius 2 is 1.71 bits per heavy atom. The number of rotatable bonds is 9. The summed E-state index contributed by atoms with van der Waals surface area (Å²) in [5, 5.41) is 11.0. The monoisotopic (exact) mass is 504 g/mol. The molecule has 4 bridgehead atoms. The summed E-state index contributed by atoms with van der Waals surface area (Å²) in [6, 6.07) is 5.76. The van der Waals surface area contributed by atoms with Crippen molar-refractivity contribution in [1.29, 1.82) is 0 Å². The first kappa shape index (κ1) is 25.5. The molecule has 1 aliphatic heterocycles. The first-order chi connectivity index (χ1) is 16.5. The summed E-state index contributed by atoms with van der Waals surface area (Å²) < 4.78 is 18.3. The van der Waals surface area contributed by atoms with Crippen molar-refractivity contribution in [2.75, 3.05) is 13.7 Å². The van der Waals surface area contributed by atoms with Crippen LogP contribution in [0.2, 0.25) is 18.1 Å². The van der Waals surface area contributed by atoms with Crippen LogP contribution in [-0.2, 0) is 14.5 Å². The summed E-state index contributed by atoms with van der Waals surface area (Å²) in [6.45, 7) is 11.6. The van der Waals surface area contributed by atoms with E-state index in [1.165, 1.54) is 32.1 Å². The second kappa shape index (κ2) is 9.32. The predicted molar refractivity (Wildman–Crippen MR) is 137 cm³/mol. The van der Waals surface area contributed by atoms with E-state index in [-0.39, 0.29) is 16.9 Å². The lowest BCUT2D eigenvalue weighted by Crippen LogP contribution is -2.71. The first-order valence-electron chi connectivity index (χ1n) is 13.5. The molecule has 4 aliphatic carbocycles. The summed E-state index contributed by atoms with van der Waals surface area (Å²) in [4.78, 5) is 11.4. The van der Waals surface area contributed by atoms with Crippen LogP contribution >= 0.6 is 0 Å². The smallest absolute Gasteiger partial charge is 0.250 e. The van der Waals surface area contributed by atoms with Gasteiger partial charge >= 0.3 is 0 Å². The van der Waals surface area contributed by atoms with Gasteiger partial charge in [-0.1, -0.05) is 26.8 Å². The molecule has 1 spiro atoms. The second-order valence-corrected chi connectivity index (χ2v) is 17.7. The van der Waals surface area contributed by atoms with Crippen LogP contribution in [0.1, 0.15) is 77.4 Å². The van der Waals surface area contributed by atoms with Crippen molar-refractivity contribution in [3.05, 3.63) is 23.8 Å². The van der Waals surface area contributed by atoms with Gasteiger partial charge in [0.05, 0.1) is 19.8 Å². The molecule has 1 heterocycles. The fraction of sp³-hybridized carbons (Fsp3) is 0.786. The van der Waals surface area contributed by atoms with Gasteiger partial charge in [0.25, 0.3) is 8.32 Å². The zero-order chi connectivity index (χ0) is 25.0. The van der Waals surface area contributed by atoms with Gasteiger partial charge in [0.1, 0.15) is 5.75 Å². The molecular weight excluding hydrogens is 460 g/mol. The Balaban J connectivity index is 1.15. The lowest BCUT2D eigenvalue weighted by atomic mass is 9.49. The van der Waals surface area contributed by atoms with Gasteiger partial charge in [-0.15, -0.1) is 0 Å². The van der Waals surface area contributed by atoms with Gasteiger partial charge in [0.2, 0.25) is 6.29 Å². The molecule has 0 aromatic heterocycles. The highest BCUT2D eigenvalue weighted by Crippen LogP contribution is 2.63. The maximum atomic E-state index is 10.9. The van der Waals surface area contributed by atoms with Crippen molar-refractivity contribution < 1.29 is 28.8 Å². The largest absolute Gasteiger partial charge is 0.541 e. The minimum Gasteiger partial charge on any atom is -0.541 e. The van der Waals surface area contributed by atoms with Crippen molar-refractivity contribution >= 4 is 8.32 Å². The quantitative estimate of drug-likeness (QED) is 0.239. The zero-order valence-corrected chi connectivity index (χ0v) is 23.3. The van der Waals surface area contributed by atoms with Crippen LogP contribution < -0.4 is 9.16 Å². The molecule has 7 heteroatoms. The molecule has 5 fully saturated rings. The molecular formula is C28H44O6Si. The van der Waals surface area contributed by atoms with Gasteiger partial charge in [-0.05, 0) is 104 Å². The van der Waals surface area contributed by atoms with E-state index < -0.39 is 14.4 Å². The highest BCUT2D eigenvalue weighted by molar-refractivity contribution is 6.74. The van der Waals surface area contributed by atoms with Crippen LogP contribution in [0.25, 0.3) is 0 Å². The van der Waals surface area contributed by atoms with Crippen LogP contribution in [0, 0.1) is 23.7 Å². The van der Waals surface area contributed by atoms with Gasteiger partial charge in [0.15, 0.2) is 11.4 Å². The van der Waals surface area contributed by atoms with Gasteiger partial charge in [-0.3, -0.25) is 0 Å². The Hall–Kier alpha value is -1.12. The number of aliphatic hydroxyl groups excluding tert-OH is 1. The van der Waals surface area contributed by atoms with Crippen molar-refractivity contribution in [1.82, 2.24) is 0 Å². The Kier molecular flexibility index (Phi) is 6.80. The van der Waals surface area contributed by atoms with Crippen LogP contribution in [-0.4, -0.2) is 39.0 Å². The van der Waals surface area contributed by atoms with E-state index in [9.17, 15) is 5.11 Å². The predicted octanol–water partition coefficient (Wildman–Crippen LogP) is 6.39. The Morgan fingerprint density at radius 3 is 2.26 bits per heavy atom. The molecule has 5 aliphatic rings. The van der Waals surface area contributed by atoms with E-state index in [1.54, 1.807) is 7.11 Å². The fourth-order valence-corrected chi connectivity index (χ4v) is 7.86. The summed E-state index contributed by atoms with van der Waals surface area (Å²) >= 11 is 0. The molecule has 1 saturated heterocycles. The second-order valence-electron chi connectivity index (χ2n) is 13.0. The number of benzene rings is 1. The van der Waals surface area contributed by atoms with Gasteiger partial charge in [-0.2, -0.15) is 0 Å². The van der Waals surface area contributed by atoms with E-state index in [0.717, 1.165) is 29.6 Å². The van der Waals surface area contributed by atoms with E-state index in [1.807, 2.05) is 18.2 Å². The fourth-order valence-electron chi connectivity index (χ4n) is 6.84. The van der Waals surface area contributed by atoms with Crippen molar-refractivity contribution in [3.63, 3.8) is 0 Å². The highest BCUT2D eigenvalue weighted by atomic mass is 28.4. The topological polar surface area (TPSA) is 66.4 Å². The van der Waals surface area contributed by atoms with Gasteiger partial charge < -0.3 is 19.0 Å². The van der Waals surface area contributed by atoms with E-state index >= 15 is 0 Å². The third-order valence-electron chi connectivity index (χ3n) is 9.70. The minimum atomic E-state index is -2.03. The lowest BCUT2D eigenvalue weighted by Gasteiger charge is -2.64. The van der Waals surface area contributed by atoms with Crippen LogP contribution in [0.5, 0.6) is 11.5 Å². The van der Waals surface area contributed by atoms with Gasteiger partial charge in [0, 0.05) is 0 Å². The Morgan fingerprint density at radius 1 is 1.06 bits per heavy atom. The van der Waals surface area contributed by atoms with E-state index in [2.05, 4.69) is 33.9 Å². The normalized spacial score (nSPS) is 34.7. The summed E-state index contributed by atoms with van der Waals surface area (Å²) in [7, 11) is -0.375. The molecule has 0 radical (unpaired) electrons. The molecule has 2 atom stereocenters.